The summed E-state index contributed by atoms with van der Waals surface area (Å²) in [6.45, 7) is 5.28. The summed E-state index contributed by atoms with van der Waals surface area (Å²) in [7, 11) is 0. The largest absolute Gasteiger partial charge is 0.362 e. The van der Waals surface area contributed by atoms with E-state index in [-0.39, 0.29) is 11.9 Å². The van der Waals surface area contributed by atoms with E-state index in [1.54, 1.807) is 0 Å². The normalized spacial score (nSPS) is 15.1. The highest BCUT2D eigenvalue weighted by molar-refractivity contribution is 6.31. The minimum atomic E-state index is 0.0721. The van der Waals surface area contributed by atoms with Crippen molar-refractivity contribution in [2.75, 3.05) is 18.0 Å². The van der Waals surface area contributed by atoms with Crippen LogP contribution in [-0.4, -0.2) is 25.0 Å². The molecule has 1 N–H and O–H groups in total. The zero-order chi connectivity index (χ0) is 13.8. The summed E-state index contributed by atoms with van der Waals surface area (Å²) in [4.78, 5) is 14.1. The molecule has 0 radical (unpaired) electrons. The Balaban J connectivity index is 2.18. The lowest BCUT2D eigenvalue weighted by molar-refractivity contribution is -0.120. The maximum Gasteiger partial charge on any atom is 0.239 e. The molecule has 1 aromatic carbocycles. The number of nitrogens with zero attached hydrogens (tertiary/aromatic N) is 1. The quantitative estimate of drug-likeness (QED) is 0.923. The Kier molecular flexibility index (Phi) is 4.70. The monoisotopic (exact) mass is 280 g/mol. The molecule has 104 valence electrons. The van der Waals surface area contributed by atoms with Crippen molar-refractivity contribution >= 4 is 23.2 Å². The Morgan fingerprint density at radius 2 is 2.21 bits per heavy atom. The van der Waals surface area contributed by atoms with Gasteiger partial charge >= 0.3 is 0 Å². The molecule has 0 bridgehead atoms. The number of fused-ring (bicyclic) bond motifs is 1. The first-order valence-corrected chi connectivity index (χ1v) is 7.27. The van der Waals surface area contributed by atoms with Crippen LogP contribution in [0.15, 0.2) is 18.2 Å². The summed E-state index contributed by atoms with van der Waals surface area (Å²) in [6.07, 6.45) is 3.22. The number of hydrogen-bond acceptors (Lipinski definition) is 2. The average molecular weight is 281 g/mol. The van der Waals surface area contributed by atoms with Crippen LogP contribution in [0.4, 0.5) is 5.69 Å². The number of hydrogen-bond donors (Lipinski definition) is 1. The van der Waals surface area contributed by atoms with Crippen molar-refractivity contribution < 1.29 is 4.79 Å². The van der Waals surface area contributed by atoms with E-state index < -0.39 is 0 Å². The highest BCUT2D eigenvalue weighted by atomic mass is 35.5. The van der Waals surface area contributed by atoms with Crippen molar-refractivity contribution in [2.45, 2.75) is 39.2 Å². The van der Waals surface area contributed by atoms with Crippen LogP contribution in [0.25, 0.3) is 0 Å². The summed E-state index contributed by atoms with van der Waals surface area (Å²) in [5.41, 5.74) is 2.29. The van der Waals surface area contributed by atoms with E-state index in [1.807, 2.05) is 26.0 Å². The van der Waals surface area contributed by atoms with E-state index in [9.17, 15) is 4.79 Å². The van der Waals surface area contributed by atoms with E-state index >= 15 is 0 Å². The van der Waals surface area contributed by atoms with Crippen molar-refractivity contribution in [3.8, 4) is 0 Å². The lowest BCUT2D eigenvalue weighted by atomic mass is 10.1. The third-order valence-corrected chi connectivity index (χ3v) is 3.68. The molecule has 3 nitrogen and oxygen atoms in total. The fraction of sp³-hybridized carbons (Fsp3) is 0.533. The number of rotatable bonds is 3. The summed E-state index contributed by atoms with van der Waals surface area (Å²) < 4.78 is 0. The molecule has 0 aliphatic carbocycles. The SMILES string of the molecule is CC(C)NC(=O)CN1CCCCc2c(Cl)cccc21. The van der Waals surface area contributed by atoms with Gasteiger partial charge in [0, 0.05) is 23.3 Å². The first kappa shape index (κ1) is 14.2. The molecule has 1 aliphatic heterocycles. The van der Waals surface area contributed by atoms with Gasteiger partial charge in [-0.15, -0.1) is 0 Å². The van der Waals surface area contributed by atoms with Crippen molar-refractivity contribution in [3.63, 3.8) is 0 Å². The molecular weight excluding hydrogens is 260 g/mol. The second kappa shape index (κ2) is 6.29. The maximum absolute atomic E-state index is 11.9. The van der Waals surface area contributed by atoms with E-state index in [1.165, 1.54) is 5.56 Å². The van der Waals surface area contributed by atoms with Gasteiger partial charge in [-0.3, -0.25) is 4.79 Å². The molecule has 0 spiro atoms. The molecule has 1 aliphatic rings. The molecule has 2 rings (SSSR count). The summed E-state index contributed by atoms with van der Waals surface area (Å²) >= 11 is 6.27. The number of anilines is 1. The zero-order valence-corrected chi connectivity index (χ0v) is 12.3. The molecule has 0 fully saturated rings. The van der Waals surface area contributed by atoms with E-state index in [4.69, 9.17) is 11.6 Å². The first-order chi connectivity index (χ1) is 9.08. The lowest BCUT2D eigenvalue weighted by Crippen LogP contribution is -2.40. The lowest BCUT2D eigenvalue weighted by Gasteiger charge is -2.25. The van der Waals surface area contributed by atoms with Gasteiger partial charge in [0.15, 0.2) is 0 Å². The number of amides is 1. The standard InChI is InChI=1S/C15H21ClN2O/c1-11(2)17-15(19)10-18-9-4-3-6-12-13(16)7-5-8-14(12)18/h5,7-8,11H,3-4,6,9-10H2,1-2H3,(H,17,19). The second-order valence-corrected chi connectivity index (χ2v) is 5.75. The Labute approximate surface area is 119 Å². The molecule has 4 heteroatoms. The van der Waals surface area contributed by atoms with E-state index in [0.29, 0.717) is 6.54 Å². The van der Waals surface area contributed by atoms with E-state index in [2.05, 4.69) is 16.3 Å². The molecule has 1 aromatic rings. The topological polar surface area (TPSA) is 32.3 Å². The van der Waals surface area contributed by atoms with Crippen LogP contribution >= 0.6 is 11.6 Å². The Morgan fingerprint density at radius 3 is 2.95 bits per heavy atom. The fourth-order valence-electron chi connectivity index (χ4n) is 2.52. The minimum Gasteiger partial charge on any atom is -0.362 e. The van der Waals surface area contributed by atoms with Crippen molar-refractivity contribution in [3.05, 3.63) is 28.8 Å². The van der Waals surface area contributed by atoms with Crippen LogP contribution in [0.2, 0.25) is 5.02 Å². The van der Waals surface area contributed by atoms with Gasteiger partial charge < -0.3 is 10.2 Å². The van der Waals surface area contributed by atoms with Gasteiger partial charge in [-0.05, 0) is 50.8 Å². The van der Waals surface area contributed by atoms with Gasteiger partial charge in [0.1, 0.15) is 0 Å². The number of carbonyl (C=O) groups excluding carboxylic acids is 1. The molecule has 0 atom stereocenters. The van der Waals surface area contributed by atoms with Gasteiger partial charge in [0.2, 0.25) is 5.91 Å². The number of benzene rings is 1. The predicted octanol–water partition coefficient (Wildman–Crippen LogP) is 3.01. The van der Waals surface area contributed by atoms with Crippen LogP contribution < -0.4 is 10.2 Å². The maximum atomic E-state index is 11.9. The number of nitrogens with one attached hydrogen (secondary N) is 1. The molecule has 0 unspecified atom stereocenters. The Morgan fingerprint density at radius 1 is 1.42 bits per heavy atom. The fourth-order valence-corrected chi connectivity index (χ4v) is 2.79. The van der Waals surface area contributed by atoms with Gasteiger partial charge in [-0.2, -0.15) is 0 Å². The van der Waals surface area contributed by atoms with Crippen LogP contribution in [0.3, 0.4) is 0 Å². The Bertz CT molecular complexity index is 459. The van der Waals surface area contributed by atoms with Crippen LogP contribution in [-0.2, 0) is 11.2 Å². The van der Waals surface area contributed by atoms with Crippen LogP contribution in [0.1, 0.15) is 32.3 Å². The van der Waals surface area contributed by atoms with Gasteiger partial charge in [-0.1, -0.05) is 17.7 Å². The molecule has 0 saturated heterocycles. The third kappa shape index (κ3) is 3.63. The van der Waals surface area contributed by atoms with Gasteiger partial charge in [0.05, 0.1) is 6.54 Å². The first-order valence-electron chi connectivity index (χ1n) is 6.89. The van der Waals surface area contributed by atoms with Gasteiger partial charge in [-0.25, -0.2) is 0 Å². The summed E-state index contributed by atoms with van der Waals surface area (Å²) in [6, 6.07) is 6.13. The Hall–Kier alpha value is -1.22. The molecule has 19 heavy (non-hydrogen) atoms. The van der Waals surface area contributed by atoms with Crippen molar-refractivity contribution in [2.24, 2.45) is 0 Å². The minimum absolute atomic E-state index is 0.0721. The second-order valence-electron chi connectivity index (χ2n) is 5.34. The zero-order valence-electron chi connectivity index (χ0n) is 11.6. The predicted molar refractivity (Wildman–Crippen MR) is 79.9 cm³/mol. The number of carbonyl (C=O) groups is 1. The molecule has 0 aromatic heterocycles. The summed E-state index contributed by atoms with van der Waals surface area (Å²) in [5, 5.41) is 3.76. The number of halogens is 1. The molecule has 1 amide bonds. The average Bonchev–Trinajstić information content (AvgIpc) is 2.52. The van der Waals surface area contributed by atoms with Crippen molar-refractivity contribution in [1.29, 1.82) is 0 Å². The highest BCUT2D eigenvalue weighted by Crippen LogP contribution is 2.31. The van der Waals surface area contributed by atoms with E-state index in [0.717, 1.165) is 36.5 Å². The van der Waals surface area contributed by atoms with Gasteiger partial charge in [0.25, 0.3) is 0 Å². The third-order valence-electron chi connectivity index (χ3n) is 3.32. The smallest absolute Gasteiger partial charge is 0.239 e. The highest BCUT2D eigenvalue weighted by Gasteiger charge is 2.19. The molecule has 0 saturated carbocycles. The van der Waals surface area contributed by atoms with Crippen LogP contribution in [0, 0.1) is 0 Å². The summed E-state index contributed by atoms with van der Waals surface area (Å²) in [5.74, 6) is 0.0721. The van der Waals surface area contributed by atoms with Crippen molar-refractivity contribution in [1.82, 2.24) is 5.32 Å². The molecular formula is C15H21ClN2O. The van der Waals surface area contributed by atoms with Crippen LogP contribution in [0.5, 0.6) is 0 Å². The molecule has 1 heterocycles.